The van der Waals surface area contributed by atoms with Gasteiger partial charge in [-0.1, -0.05) is 42.5 Å². The first kappa shape index (κ1) is 17.5. The lowest BCUT2D eigenvalue weighted by Gasteiger charge is -2.05. The van der Waals surface area contributed by atoms with E-state index in [1.165, 1.54) is 15.9 Å². The number of hydrogen-bond acceptors (Lipinski definition) is 5. The second-order valence-corrected chi connectivity index (χ2v) is 6.04. The Hall–Kier alpha value is -3.35. The van der Waals surface area contributed by atoms with Crippen molar-refractivity contribution >= 4 is 11.6 Å². The minimum atomic E-state index is -0.315. The highest BCUT2D eigenvalue weighted by molar-refractivity contribution is 5.99. The first-order chi connectivity index (χ1) is 12.5. The Morgan fingerprint density at radius 1 is 1.12 bits per heavy atom. The number of benzene rings is 2. The van der Waals surface area contributed by atoms with E-state index >= 15 is 0 Å². The number of hydrazone groups is 1. The van der Waals surface area contributed by atoms with Crippen LogP contribution in [0, 0.1) is 13.8 Å². The van der Waals surface area contributed by atoms with Gasteiger partial charge in [0.1, 0.15) is 6.54 Å². The molecule has 0 radical (unpaired) electrons. The van der Waals surface area contributed by atoms with E-state index in [1.54, 1.807) is 0 Å². The number of nitrogens with zero attached hydrogens (tertiary/aromatic N) is 5. The molecule has 3 rings (SSSR count). The number of carbonyl (C=O) groups excluding carboxylic acids is 1. The SMILES string of the molecule is C/C(=N/NC(=O)Cn1nnc(-c2ccccc2)n1)c1ccc(C)c(C)c1. The fourth-order valence-electron chi connectivity index (χ4n) is 2.35. The van der Waals surface area contributed by atoms with Crippen molar-refractivity contribution in [2.24, 2.45) is 5.10 Å². The van der Waals surface area contributed by atoms with E-state index in [9.17, 15) is 4.79 Å². The monoisotopic (exact) mass is 348 g/mol. The van der Waals surface area contributed by atoms with Crippen molar-refractivity contribution in [1.82, 2.24) is 25.6 Å². The molecule has 1 aromatic heterocycles. The third kappa shape index (κ3) is 4.18. The van der Waals surface area contributed by atoms with Crippen LogP contribution < -0.4 is 5.43 Å². The Labute approximate surface area is 151 Å². The molecule has 0 aliphatic carbocycles. The molecule has 0 spiro atoms. The van der Waals surface area contributed by atoms with Crippen LogP contribution >= 0.6 is 0 Å². The van der Waals surface area contributed by atoms with E-state index in [2.05, 4.69) is 32.9 Å². The molecule has 26 heavy (non-hydrogen) atoms. The van der Waals surface area contributed by atoms with Gasteiger partial charge in [-0.25, -0.2) is 5.43 Å². The molecule has 1 amide bonds. The van der Waals surface area contributed by atoms with Crippen molar-refractivity contribution in [3.8, 4) is 11.4 Å². The highest BCUT2D eigenvalue weighted by Crippen LogP contribution is 2.12. The maximum absolute atomic E-state index is 12.1. The summed E-state index contributed by atoms with van der Waals surface area (Å²) in [7, 11) is 0. The summed E-state index contributed by atoms with van der Waals surface area (Å²) in [6, 6.07) is 15.5. The van der Waals surface area contributed by atoms with Crippen LogP contribution in [0.3, 0.4) is 0 Å². The molecule has 0 aliphatic heterocycles. The van der Waals surface area contributed by atoms with Gasteiger partial charge in [0.15, 0.2) is 0 Å². The highest BCUT2D eigenvalue weighted by atomic mass is 16.2. The second-order valence-electron chi connectivity index (χ2n) is 6.04. The van der Waals surface area contributed by atoms with Crippen molar-refractivity contribution in [2.75, 3.05) is 0 Å². The van der Waals surface area contributed by atoms with E-state index in [4.69, 9.17) is 0 Å². The molecule has 0 saturated carbocycles. The van der Waals surface area contributed by atoms with Crippen LogP contribution in [0.25, 0.3) is 11.4 Å². The van der Waals surface area contributed by atoms with Crippen molar-refractivity contribution in [1.29, 1.82) is 0 Å². The largest absolute Gasteiger partial charge is 0.271 e. The Morgan fingerprint density at radius 3 is 2.62 bits per heavy atom. The molecule has 2 aromatic carbocycles. The molecule has 1 heterocycles. The summed E-state index contributed by atoms with van der Waals surface area (Å²) >= 11 is 0. The number of amides is 1. The number of aromatic nitrogens is 4. The molecular weight excluding hydrogens is 328 g/mol. The van der Waals surface area contributed by atoms with Gasteiger partial charge in [-0.15, -0.1) is 10.2 Å². The standard InChI is InChI=1S/C19H20N6O/c1-13-9-10-17(11-14(13)2)15(3)20-21-18(26)12-25-23-19(22-24-25)16-7-5-4-6-8-16/h4-11H,12H2,1-3H3,(H,21,26)/b20-15-. The van der Waals surface area contributed by atoms with Gasteiger partial charge in [-0.05, 0) is 48.7 Å². The van der Waals surface area contributed by atoms with Crippen LogP contribution in [-0.2, 0) is 11.3 Å². The van der Waals surface area contributed by atoms with E-state index in [0.29, 0.717) is 5.82 Å². The van der Waals surface area contributed by atoms with Crippen LogP contribution in [-0.4, -0.2) is 31.8 Å². The number of hydrogen-bond donors (Lipinski definition) is 1. The average molecular weight is 348 g/mol. The maximum atomic E-state index is 12.1. The molecule has 0 aliphatic rings. The molecule has 7 heteroatoms. The zero-order valence-electron chi connectivity index (χ0n) is 15.0. The van der Waals surface area contributed by atoms with E-state index in [1.807, 2.05) is 62.4 Å². The number of tetrazole rings is 1. The first-order valence-electron chi connectivity index (χ1n) is 8.27. The quantitative estimate of drug-likeness (QED) is 0.567. The van der Waals surface area contributed by atoms with Gasteiger partial charge in [0, 0.05) is 5.56 Å². The summed E-state index contributed by atoms with van der Waals surface area (Å²) in [5.74, 6) is 0.165. The number of rotatable bonds is 5. The summed E-state index contributed by atoms with van der Waals surface area (Å²) in [6.07, 6.45) is 0. The third-order valence-corrected chi connectivity index (χ3v) is 4.04. The first-order valence-corrected chi connectivity index (χ1v) is 8.27. The number of carbonyl (C=O) groups is 1. The second kappa shape index (κ2) is 7.69. The third-order valence-electron chi connectivity index (χ3n) is 4.04. The van der Waals surface area contributed by atoms with Crippen LogP contribution in [0.4, 0.5) is 0 Å². The molecule has 0 unspecified atom stereocenters. The molecule has 0 atom stereocenters. The van der Waals surface area contributed by atoms with Crippen LogP contribution in [0.15, 0.2) is 53.6 Å². The molecule has 0 bridgehead atoms. The van der Waals surface area contributed by atoms with Crippen LogP contribution in [0.5, 0.6) is 0 Å². The van der Waals surface area contributed by atoms with Crippen molar-refractivity contribution < 1.29 is 4.79 Å². The molecule has 3 aromatic rings. The molecule has 0 fully saturated rings. The van der Waals surface area contributed by atoms with Gasteiger partial charge < -0.3 is 0 Å². The van der Waals surface area contributed by atoms with Crippen molar-refractivity contribution in [2.45, 2.75) is 27.3 Å². The molecular formula is C19H20N6O. The number of aryl methyl sites for hydroxylation is 2. The normalized spacial score (nSPS) is 11.4. The minimum Gasteiger partial charge on any atom is -0.271 e. The fourth-order valence-corrected chi connectivity index (χ4v) is 2.35. The lowest BCUT2D eigenvalue weighted by molar-refractivity contribution is -0.122. The average Bonchev–Trinajstić information content (AvgIpc) is 3.11. The predicted octanol–water partition coefficient (Wildman–Crippen LogP) is 2.50. The molecule has 1 N–H and O–H groups in total. The zero-order valence-corrected chi connectivity index (χ0v) is 15.0. The maximum Gasteiger partial charge on any atom is 0.263 e. The Balaban J connectivity index is 1.62. The molecule has 7 nitrogen and oxygen atoms in total. The van der Waals surface area contributed by atoms with Gasteiger partial charge in [0.05, 0.1) is 5.71 Å². The Kier molecular flexibility index (Phi) is 5.17. The lowest BCUT2D eigenvalue weighted by atomic mass is 10.0. The van der Waals surface area contributed by atoms with E-state index in [-0.39, 0.29) is 12.5 Å². The highest BCUT2D eigenvalue weighted by Gasteiger charge is 2.09. The predicted molar refractivity (Wildman–Crippen MR) is 99.5 cm³/mol. The molecule has 132 valence electrons. The number of nitrogens with one attached hydrogen (secondary N) is 1. The zero-order chi connectivity index (χ0) is 18.5. The Morgan fingerprint density at radius 2 is 1.88 bits per heavy atom. The summed E-state index contributed by atoms with van der Waals surface area (Å²) in [5, 5.41) is 16.2. The van der Waals surface area contributed by atoms with Crippen LogP contribution in [0.1, 0.15) is 23.6 Å². The fraction of sp³-hybridized carbons (Fsp3) is 0.211. The topological polar surface area (TPSA) is 85.1 Å². The van der Waals surface area contributed by atoms with Gasteiger partial charge in [0.2, 0.25) is 5.82 Å². The lowest BCUT2D eigenvalue weighted by Crippen LogP contribution is -2.25. The van der Waals surface area contributed by atoms with E-state index in [0.717, 1.165) is 16.8 Å². The smallest absolute Gasteiger partial charge is 0.263 e. The van der Waals surface area contributed by atoms with Gasteiger partial charge in [-0.2, -0.15) is 9.90 Å². The summed E-state index contributed by atoms with van der Waals surface area (Å²) in [6.45, 7) is 5.91. The summed E-state index contributed by atoms with van der Waals surface area (Å²) < 4.78 is 0. The van der Waals surface area contributed by atoms with Gasteiger partial charge >= 0.3 is 0 Å². The summed E-state index contributed by atoms with van der Waals surface area (Å²) in [5.41, 5.74) is 7.49. The van der Waals surface area contributed by atoms with Crippen molar-refractivity contribution in [3.05, 3.63) is 65.2 Å². The van der Waals surface area contributed by atoms with E-state index < -0.39 is 0 Å². The van der Waals surface area contributed by atoms with Crippen LogP contribution in [0.2, 0.25) is 0 Å². The van der Waals surface area contributed by atoms with Gasteiger partial charge in [0.25, 0.3) is 5.91 Å². The molecule has 0 saturated heterocycles. The minimum absolute atomic E-state index is 0.0520. The van der Waals surface area contributed by atoms with Gasteiger partial charge in [-0.3, -0.25) is 4.79 Å². The van der Waals surface area contributed by atoms with Crippen molar-refractivity contribution in [3.63, 3.8) is 0 Å². The Bertz CT molecular complexity index is 946. The summed E-state index contributed by atoms with van der Waals surface area (Å²) in [4.78, 5) is 13.3.